The van der Waals surface area contributed by atoms with Gasteiger partial charge in [-0.25, -0.2) is 13.1 Å². The lowest BCUT2D eigenvalue weighted by molar-refractivity contribution is 0.116. The molecule has 1 aliphatic rings. The summed E-state index contributed by atoms with van der Waals surface area (Å²) >= 11 is 0. The lowest BCUT2D eigenvalue weighted by Gasteiger charge is -2.38. The monoisotopic (exact) mass is 234 g/mol. The van der Waals surface area contributed by atoms with Crippen LogP contribution in [0, 0.1) is 0 Å². The maximum absolute atomic E-state index is 11.0. The average Bonchev–Trinajstić information content (AvgIpc) is 2.14. The largest absolute Gasteiger partial charge is 0.297 e. The lowest BCUT2D eigenvalue weighted by Crippen LogP contribution is -2.48. The highest BCUT2D eigenvalue weighted by Gasteiger charge is 2.23. The minimum Gasteiger partial charge on any atom is -0.297 e. The molecule has 0 saturated carbocycles. The zero-order valence-electron chi connectivity index (χ0n) is 9.86. The Kier molecular flexibility index (Phi) is 4.55. The van der Waals surface area contributed by atoms with Crippen LogP contribution >= 0.6 is 0 Å². The number of hydrogen-bond donors (Lipinski definition) is 1. The first-order chi connectivity index (χ1) is 6.90. The predicted octanol–water partition coefficient (Wildman–Crippen LogP) is 0.798. The Bertz CT molecular complexity index is 290. The van der Waals surface area contributed by atoms with Crippen LogP contribution in [0.15, 0.2) is 0 Å². The summed E-state index contributed by atoms with van der Waals surface area (Å²) in [6.45, 7) is 5.91. The molecule has 90 valence electrons. The van der Waals surface area contributed by atoms with Gasteiger partial charge in [-0.2, -0.15) is 0 Å². The van der Waals surface area contributed by atoms with Gasteiger partial charge in [0.05, 0.1) is 6.26 Å². The van der Waals surface area contributed by atoms with E-state index in [4.69, 9.17) is 0 Å². The Morgan fingerprint density at radius 2 is 2.13 bits per heavy atom. The van der Waals surface area contributed by atoms with Gasteiger partial charge >= 0.3 is 0 Å². The van der Waals surface area contributed by atoms with E-state index >= 15 is 0 Å². The molecule has 1 rings (SSSR count). The first-order valence-electron chi connectivity index (χ1n) is 5.60. The quantitative estimate of drug-likeness (QED) is 0.783. The highest BCUT2D eigenvalue weighted by Crippen LogP contribution is 2.18. The zero-order chi connectivity index (χ0) is 11.5. The number of rotatable bonds is 4. The fourth-order valence-corrected chi connectivity index (χ4v) is 2.71. The van der Waals surface area contributed by atoms with Crippen molar-refractivity contribution in [3.05, 3.63) is 0 Å². The van der Waals surface area contributed by atoms with Gasteiger partial charge in [-0.3, -0.25) is 4.90 Å². The number of sulfonamides is 1. The van der Waals surface area contributed by atoms with Crippen LogP contribution in [0.4, 0.5) is 0 Å². The molecule has 0 aliphatic carbocycles. The number of nitrogens with zero attached hydrogens (tertiary/aromatic N) is 1. The molecule has 0 unspecified atom stereocenters. The average molecular weight is 234 g/mol. The summed E-state index contributed by atoms with van der Waals surface area (Å²) in [4.78, 5) is 2.39. The van der Waals surface area contributed by atoms with E-state index in [1.807, 2.05) is 0 Å². The van der Waals surface area contributed by atoms with Crippen LogP contribution in [0.2, 0.25) is 0 Å². The third-order valence-corrected chi connectivity index (χ3v) is 3.75. The molecule has 0 radical (unpaired) electrons. The molecule has 0 aromatic heterocycles. The first-order valence-corrected chi connectivity index (χ1v) is 7.49. The van der Waals surface area contributed by atoms with E-state index in [2.05, 4.69) is 23.5 Å². The molecule has 0 spiro atoms. The molecule has 1 heterocycles. The van der Waals surface area contributed by atoms with Gasteiger partial charge in [-0.1, -0.05) is 6.42 Å². The molecule has 5 heteroatoms. The molecule has 1 N–H and O–H groups in total. The van der Waals surface area contributed by atoms with Gasteiger partial charge in [0.2, 0.25) is 10.0 Å². The van der Waals surface area contributed by atoms with E-state index in [-0.39, 0.29) is 6.04 Å². The minimum atomic E-state index is -3.05. The van der Waals surface area contributed by atoms with Crippen molar-refractivity contribution in [1.82, 2.24) is 9.62 Å². The van der Waals surface area contributed by atoms with Gasteiger partial charge in [0.15, 0.2) is 0 Å². The van der Waals surface area contributed by atoms with Crippen molar-refractivity contribution >= 4 is 10.0 Å². The summed E-state index contributed by atoms with van der Waals surface area (Å²) in [6.07, 6.45) is 4.96. The van der Waals surface area contributed by atoms with Crippen molar-refractivity contribution in [2.45, 2.75) is 45.2 Å². The highest BCUT2D eigenvalue weighted by atomic mass is 32.2. The zero-order valence-corrected chi connectivity index (χ0v) is 10.7. The van der Waals surface area contributed by atoms with Crippen LogP contribution in [0.3, 0.4) is 0 Å². The molecule has 0 bridgehead atoms. The second kappa shape index (κ2) is 5.27. The van der Waals surface area contributed by atoms with Gasteiger partial charge in [0.25, 0.3) is 0 Å². The van der Waals surface area contributed by atoms with Crippen molar-refractivity contribution in [2.75, 3.05) is 19.3 Å². The number of likely N-dealkylation sites (tertiary alicyclic amines) is 1. The van der Waals surface area contributed by atoms with E-state index in [0.29, 0.717) is 12.6 Å². The fourth-order valence-electron chi connectivity index (χ4n) is 2.16. The summed E-state index contributed by atoms with van der Waals surface area (Å²) in [5, 5.41) is 0. The Labute approximate surface area is 93.1 Å². The summed E-state index contributed by atoms with van der Waals surface area (Å²) in [6, 6.07) is 0.866. The molecule has 2 atom stereocenters. The van der Waals surface area contributed by atoms with Crippen molar-refractivity contribution in [1.29, 1.82) is 0 Å². The summed E-state index contributed by atoms with van der Waals surface area (Å²) in [5.74, 6) is 0. The molecule has 4 nitrogen and oxygen atoms in total. The molecule has 1 saturated heterocycles. The predicted molar refractivity (Wildman–Crippen MR) is 62.3 cm³/mol. The Hall–Kier alpha value is -0.130. The number of hydrogen-bond acceptors (Lipinski definition) is 3. The van der Waals surface area contributed by atoms with Crippen LogP contribution in [-0.4, -0.2) is 44.7 Å². The van der Waals surface area contributed by atoms with E-state index in [1.54, 1.807) is 0 Å². The second-order valence-corrected chi connectivity index (χ2v) is 6.39. The third kappa shape index (κ3) is 4.49. The Morgan fingerprint density at radius 3 is 2.67 bits per heavy atom. The summed E-state index contributed by atoms with van der Waals surface area (Å²) < 4.78 is 24.5. The van der Waals surface area contributed by atoms with Gasteiger partial charge < -0.3 is 0 Å². The van der Waals surface area contributed by atoms with Crippen LogP contribution in [0.5, 0.6) is 0 Å². The Morgan fingerprint density at radius 1 is 1.47 bits per heavy atom. The molecular weight excluding hydrogens is 212 g/mol. The molecule has 1 fully saturated rings. The van der Waals surface area contributed by atoms with Gasteiger partial charge in [-0.15, -0.1) is 0 Å². The number of piperidine rings is 1. The maximum Gasteiger partial charge on any atom is 0.208 e. The van der Waals surface area contributed by atoms with E-state index in [1.165, 1.54) is 25.5 Å². The molecule has 0 aromatic rings. The van der Waals surface area contributed by atoms with Crippen molar-refractivity contribution in [3.63, 3.8) is 0 Å². The van der Waals surface area contributed by atoms with Crippen molar-refractivity contribution < 1.29 is 8.42 Å². The van der Waals surface area contributed by atoms with Crippen LogP contribution < -0.4 is 4.72 Å². The third-order valence-electron chi connectivity index (χ3n) is 3.06. The minimum absolute atomic E-state index is 0.287. The lowest BCUT2D eigenvalue weighted by atomic mass is 10.0. The van der Waals surface area contributed by atoms with Crippen LogP contribution in [-0.2, 0) is 10.0 Å². The van der Waals surface area contributed by atoms with Crippen molar-refractivity contribution in [2.24, 2.45) is 0 Å². The van der Waals surface area contributed by atoms with Crippen LogP contribution in [0.1, 0.15) is 33.1 Å². The molecular formula is C10H22N2O2S. The fraction of sp³-hybridized carbons (Fsp3) is 1.00. The van der Waals surface area contributed by atoms with Gasteiger partial charge in [0, 0.05) is 18.6 Å². The topological polar surface area (TPSA) is 49.4 Å². The molecule has 1 aliphatic heterocycles. The highest BCUT2D eigenvalue weighted by molar-refractivity contribution is 7.88. The standard InChI is InChI=1S/C10H22N2O2S/c1-9-6-4-5-7-12(9)10(2)8-11-15(3,13)14/h9-11H,4-8H2,1-3H3/t9-,10+/m1/s1. The van der Waals surface area contributed by atoms with Gasteiger partial charge in [0.1, 0.15) is 0 Å². The normalized spacial score (nSPS) is 26.5. The summed E-state index contributed by atoms with van der Waals surface area (Å²) in [5.41, 5.74) is 0. The Balaban J connectivity index is 2.41. The molecule has 0 amide bonds. The SMILES string of the molecule is C[C@@H]1CCCCN1[C@@H](C)CNS(C)(=O)=O. The number of nitrogens with one attached hydrogen (secondary N) is 1. The van der Waals surface area contributed by atoms with Crippen molar-refractivity contribution in [3.8, 4) is 0 Å². The smallest absolute Gasteiger partial charge is 0.208 e. The van der Waals surface area contributed by atoms with Gasteiger partial charge in [-0.05, 0) is 33.2 Å². The van der Waals surface area contributed by atoms with E-state index in [0.717, 1.165) is 6.54 Å². The first kappa shape index (κ1) is 12.9. The molecule has 0 aromatic carbocycles. The summed E-state index contributed by atoms with van der Waals surface area (Å²) in [7, 11) is -3.05. The van der Waals surface area contributed by atoms with E-state index < -0.39 is 10.0 Å². The van der Waals surface area contributed by atoms with E-state index in [9.17, 15) is 8.42 Å². The maximum atomic E-state index is 11.0. The second-order valence-electron chi connectivity index (χ2n) is 4.55. The molecule has 15 heavy (non-hydrogen) atoms. The van der Waals surface area contributed by atoms with Crippen LogP contribution in [0.25, 0.3) is 0 Å².